The third kappa shape index (κ3) is 1.41. The van der Waals surface area contributed by atoms with E-state index in [0.29, 0.717) is 22.1 Å². The summed E-state index contributed by atoms with van der Waals surface area (Å²) < 4.78 is 15.1. The monoisotopic (exact) mass is 244 g/mol. The number of hydrogen-bond acceptors (Lipinski definition) is 5. The first-order valence-corrected chi connectivity index (χ1v) is 5.24. The molecule has 0 aliphatic heterocycles. The molecule has 0 N–H and O–H groups in total. The van der Waals surface area contributed by atoms with E-state index in [-0.39, 0.29) is 5.56 Å². The maximum Gasteiger partial charge on any atom is 0.351 e. The molecule has 5 heteroatoms. The van der Waals surface area contributed by atoms with Crippen LogP contribution in [-0.4, -0.2) is 13.1 Å². The second kappa shape index (κ2) is 3.73. The highest BCUT2D eigenvalue weighted by Gasteiger charge is 2.17. The molecule has 2 heterocycles. The van der Waals surface area contributed by atoms with Gasteiger partial charge in [0.05, 0.1) is 12.5 Å². The minimum absolute atomic E-state index is 0.177. The van der Waals surface area contributed by atoms with Crippen LogP contribution in [0.3, 0.4) is 0 Å². The normalized spacial score (nSPS) is 10.9. The van der Waals surface area contributed by atoms with Crippen molar-refractivity contribution in [3.8, 4) is 0 Å². The van der Waals surface area contributed by atoms with Gasteiger partial charge in [0, 0.05) is 6.07 Å². The quantitative estimate of drug-likeness (QED) is 0.614. The summed E-state index contributed by atoms with van der Waals surface area (Å²) >= 11 is 0. The Labute approximate surface area is 101 Å². The minimum atomic E-state index is -0.744. The molecule has 0 saturated heterocycles. The fourth-order valence-corrected chi connectivity index (χ4v) is 1.83. The number of hydrogen-bond donors (Lipinski definition) is 0. The third-order valence-electron chi connectivity index (χ3n) is 2.67. The van der Waals surface area contributed by atoms with E-state index < -0.39 is 11.6 Å². The molecule has 18 heavy (non-hydrogen) atoms. The summed E-state index contributed by atoms with van der Waals surface area (Å²) in [6.45, 7) is 0. The summed E-state index contributed by atoms with van der Waals surface area (Å²) in [5, 5.41) is 0.695. The minimum Gasteiger partial charge on any atom is -0.465 e. The molecule has 0 radical (unpaired) electrons. The van der Waals surface area contributed by atoms with Crippen molar-refractivity contribution in [2.24, 2.45) is 0 Å². The lowest BCUT2D eigenvalue weighted by molar-refractivity contribution is 0.0596. The van der Waals surface area contributed by atoms with Gasteiger partial charge < -0.3 is 13.6 Å². The first-order chi connectivity index (χ1) is 8.70. The number of benzene rings is 1. The van der Waals surface area contributed by atoms with Gasteiger partial charge >= 0.3 is 11.6 Å². The second-order valence-corrected chi connectivity index (χ2v) is 3.73. The maximum atomic E-state index is 11.7. The van der Waals surface area contributed by atoms with Gasteiger partial charge in [0.1, 0.15) is 11.1 Å². The van der Waals surface area contributed by atoms with Gasteiger partial charge in [-0.05, 0) is 12.1 Å². The van der Waals surface area contributed by atoms with Crippen molar-refractivity contribution in [2.45, 2.75) is 0 Å². The van der Waals surface area contributed by atoms with Crippen LogP contribution in [0.15, 0.2) is 44.0 Å². The zero-order valence-electron chi connectivity index (χ0n) is 9.43. The molecule has 0 saturated carbocycles. The molecular weight excluding hydrogens is 236 g/mol. The summed E-state index contributed by atoms with van der Waals surface area (Å²) in [4.78, 5) is 23.0. The SMILES string of the molecule is COC(=O)c1cc2oc3ccccc3c2oc1=O. The molecule has 3 aromatic rings. The van der Waals surface area contributed by atoms with Crippen molar-refractivity contribution < 1.29 is 18.4 Å². The predicted octanol–water partition coefficient (Wildman–Crippen LogP) is 2.33. The number of fused-ring (bicyclic) bond motifs is 3. The van der Waals surface area contributed by atoms with E-state index in [2.05, 4.69) is 4.74 Å². The second-order valence-electron chi connectivity index (χ2n) is 3.73. The molecule has 3 rings (SSSR count). The van der Waals surface area contributed by atoms with Crippen LogP contribution in [0.5, 0.6) is 0 Å². The van der Waals surface area contributed by atoms with E-state index in [1.165, 1.54) is 13.2 Å². The predicted molar refractivity (Wildman–Crippen MR) is 63.6 cm³/mol. The van der Waals surface area contributed by atoms with E-state index >= 15 is 0 Å². The van der Waals surface area contributed by atoms with Gasteiger partial charge in [-0.15, -0.1) is 0 Å². The Kier molecular flexibility index (Phi) is 2.19. The Morgan fingerprint density at radius 2 is 1.94 bits per heavy atom. The van der Waals surface area contributed by atoms with Crippen LogP contribution in [-0.2, 0) is 4.74 Å². The first kappa shape index (κ1) is 10.6. The molecule has 0 aliphatic rings. The summed E-state index contributed by atoms with van der Waals surface area (Å²) in [7, 11) is 1.20. The lowest BCUT2D eigenvalue weighted by atomic mass is 10.2. The molecule has 0 aliphatic carbocycles. The van der Waals surface area contributed by atoms with E-state index in [4.69, 9.17) is 8.83 Å². The molecular formula is C13H8O5. The van der Waals surface area contributed by atoms with Gasteiger partial charge in [0.15, 0.2) is 11.2 Å². The molecule has 0 bridgehead atoms. The highest BCUT2D eigenvalue weighted by Crippen LogP contribution is 2.27. The van der Waals surface area contributed by atoms with Gasteiger partial charge in [-0.3, -0.25) is 0 Å². The van der Waals surface area contributed by atoms with Gasteiger partial charge in [-0.2, -0.15) is 0 Å². The molecule has 0 amide bonds. The molecule has 90 valence electrons. The number of methoxy groups -OCH3 is 1. The van der Waals surface area contributed by atoms with Gasteiger partial charge in [-0.25, -0.2) is 9.59 Å². The number of rotatable bonds is 1. The molecule has 0 spiro atoms. The molecule has 5 nitrogen and oxygen atoms in total. The number of ether oxygens (including phenoxy) is 1. The van der Waals surface area contributed by atoms with E-state index in [9.17, 15) is 9.59 Å². The van der Waals surface area contributed by atoms with Crippen LogP contribution >= 0.6 is 0 Å². The van der Waals surface area contributed by atoms with Crippen molar-refractivity contribution >= 4 is 28.1 Å². The summed E-state index contributed by atoms with van der Waals surface area (Å²) in [6, 6.07) is 8.50. The first-order valence-electron chi connectivity index (χ1n) is 5.24. The maximum absolute atomic E-state index is 11.7. The molecule has 0 atom stereocenters. The smallest absolute Gasteiger partial charge is 0.351 e. The number of para-hydroxylation sites is 1. The summed E-state index contributed by atoms with van der Waals surface area (Å²) in [5.41, 5.74) is 0.363. The van der Waals surface area contributed by atoms with Crippen LogP contribution in [0, 0.1) is 0 Å². The van der Waals surface area contributed by atoms with E-state index in [1.807, 2.05) is 12.1 Å². The molecule has 1 aromatic carbocycles. The van der Waals surface area contributed by atoms with Crippen LogP contribution in [0.4, 0.5) is 0 Å². The highest BCUT2D eigenvalue weighted by molar-refractivity contribution is 6.02. The van der Waals surface area contributed by atoms with Gasteiger partial charge in [-0.1, -0.05) is 12.1 Å². The molecule has 2 aromatic heterocycles. The lowest BCUT2D eigenvalue weighted by Crippen LogP contribution is -2.14. The van der Waals surface area contributed by atoms with Crippen molar-refractivity contribution in [2.75, 3.05) is 7.11 Å². The molecule has 0 fully saturated rings. The van der Waals surface area contributed by atoms with Gasteiger partial charge in [0.25, 0.3) is 0 Å². The van der Waals surface area contributed by atoms with E-state index in [1.54, 1.807) is 12.1 Å². The average Bonchev–Trinajstić information content (AvgIpc) is 2.75. The standard InChI is InChI=1S/C13H8O5/c1-16-12(14)8-6-10-11(18-13(8)15)7-4-2-3-5-9(7)17-10/h2-6H,1H3. The highest BCUT2D eigenvalue weighted by atomic mass is 16.5. The Balaban J connectivity index is 2.40. The van der Waals surface area contributed by atoms with Crippen molar-refractivity contribution in [3.05, 3.63) is 46.3 Å². The van der Waals surface area contributed by atoms with Crippen LogP contribution < -0.4 is 5.63 Å². The Bertz CT molecular complexity index is 809. The number of carbonyl (C=O) groups is 1. The largest absolute Gasteiger partial charge is 0.465 e. The van der Waals surface area contributed by atoms with Crippen LogP contribution in [0.1, 0.15) is 10.4 Å². The lowest BCUT2D eigenvalue weighted by Gasteiger charge is -1.96. The van der Waals surface area contributed by atoms with E-state index in [0.717, 1.165) is 0 Å². The fraction of sp³-hybridized carbons (Fsp3) is 0.0769. The average molecular weight is 244 g/mol. The Morgan fingerprint density at radius 3 is 2.72 bits per heavy atom. The molecule has 0 unspecified atom stereocenters. The third-order valence-corrected chi connectivity index (χ3v) is 2.67. The Morgan fingerprint density at radius 1 is 1.17 bits per heavy atom. The topological polar surface area (TPSA) is 69.7 Å². The van der Waals surface area contributed by atoms with Gasteiger partial charge in [0.2, 0.25) is 0 Å². The number of carbonyl (C=O) groups excluding carboxylic acids is 1. The van der Waals surface area contributed by atoms with Crippen LogP contribution in [0.2, 0.25) is 0 Å². The zero-order chi connectivity index (χ0) is 12.7. The zero-order valence-corrected chi connectivity index (χ0v) is 9.43. The summed E-state index contributed by atoms with van der Waals surface area (Å²) in [6.07, 6.45) is 0. The Hall–Kier alpha value is -2.56. The fourth-order valence-electron chi connectivity index (χ4n) is 1.83. The summed E-state index contributed by atoms with van der Waals surface area (Å²) in [5.74, 6) is -0.744. The van der Waals surface area contributed by atoms with Crippen molar-refractivity contribution in [1.82, 2.24) is 0 Å². The number of esters is 1. The number of furan rings is 1. The van der Waals surface area contributed by atoms with Crippen LogP contribution in [0.25, 0.3) is 22.1 Å². The van der Waals surface area contributed by atoms with Crippen molar-refractivity contribution in [1.29, 1.82) is 0 Å². The van der Waals surface area contributed by atoms with Crippen molar-refractivity contribution in [3.63, 3.8) is 0 Å².